The highest BCUT2D eigenvalue weighted by Gasteiger charge is 2.40. The molecule has 2 aliphatic carbocycles. The van der Waals surface area contributed by atoms with E-state index in [2.05, 4.69) is 24.3 Å². The van der Waals surface area contributed by atoms with Crippen molar-refractivity contribution in [3.05, 3.63) is 35.4 Å². The largest absolute Gasteiger partial charge is 0.390 e. The molecule has 0 saturated heterocycles. The summed E-state index contributed by atoms with van der Waals surface area (Å²) in [6.07, 6.45) is 9.71. The number of hydrogen-bond donors (Lipinski definition) is 1. The van der Waals surface area contributed by atoms with Crippen molar-refractivity contribution in [1.82, 2.24) is 0 Å². The van der Waals surface area contributed by atoms with Crippen molar-refractivity contribution in [3.63, 3.8) is 0 Å². The summed E-state index contributed by atoms with van der Waals surface area (Å²) < 4.78 is 0. The maximum absolute atomic E-state index is 10.1. The van der Waals surface area contributed by atoms with Crippen LogP contribution < -0.4 is 0 Å². The van der Waals surface area contributed by atoms with Crippen molar-refractivity contribution in [2.75, 3.05) is 0 Å². The molecule has 1 aromatic rings. The van der Waals surface area contributed by atoms with E-state index in [1.165, 1.54) is 43.2 Å². The van der Waals surface area contributed by atoms with E-state index < -0.39 is 0 Å². The van der Waals surface area contributed by atoms with Gasteiger partial charge in [0.05, 0.1) is 5.60 Å². The van der Waals surface area contributed by atoms with Crippen LogP contribution >= 0.6 is 0 Å². The molecule has 0 unspecified atom stereocenters. The van der Waals surface area contributed by atoms with Crippen molar-refractivity contribution in [3.8, 4) is 0 Å². The molecule has 0 aliphatic heterocycles. The zero-order valence-electron chi connectivity index (χ0n) is 10.5. The first-order valence-electron chi connectivity index (χ1n) is 7.07. The topological polar surface area (TPSA) is 20.2 Å². The van der Waals surface area contributed by atoms with E-state index in [4.69, 9.17) is 0 Å². The number of benzene rings is 1. The molecule has 1 N–H and O–H groups in total. The molecular weight excluding hydrogens is 208 g/mol. The monoisotopic (exact) mass is 230 g/mol. The van der Waals surface area contributed by atoms with E-state index in [9.17, 15) is 5.11 Å². The summed E-state index contributed by atoms with van der Waals surface area (Å²) in [4.78, 5) is 0. The van der Waals surface area contributed by atoms with Gasteiger partial charge in [-0.1, -0.05) is 43.5 Å². The quantitative estimate of drug-likeness (QED) is 0.837. The summed E-state index contributed by atoms with van der Waals surface area (Å²) in [6, 6.07) is 8.79. The Morgan fingerprint density at radius 2 is 1.76 bits per heavy atom. The van der Waals surface area contributed by atoms with E-state index in [0.29, 0.717) is 0 Å². The van der Waals surface area contributed by atoms with Gasteiger partial charge in [-0.25, -0.2) is 0 Å². The Kier molecular flexibility index (Phi) is 2.96. The van der Waals surface area contributed by atoms with Crippen LogP contribution in [0.2, 0.25) is 0 Å². The van der Waals surface area contributed by atoms with Gasteiger partial charge in [0, 0.05) is 6.42 Å². The standard InChI is InChI=1S/C16H22O/c17-16(10-11-16)12-14-8-4-5-9-15(14)13-6-2-1-3-7-13/h4-5,8-9,13,17H,1-3,6-7,10-12H2. The van der Waals surface area contributed by atoms with Gasteiger partial charge in [0.1, 0.15) is 0 Å². The number of hydrogen-bond acceptors (Lipinski definition) is 1. The van der Waals surface area contributed by atoms with Crippen molar-refractivity contribution in [2.24, 2.45) is 0 Å². The maximum Gasteiger partial charge on any atom is 0.0690 e. The van der Waals surface area contributed by atoms with E-state index in [-0.39, 0.29) is 5.60 Å². The Morgan fingerprint density at radius 1 is 1.06 bits per heavy atom. The summed E-state index contributed by atoms with van der Waals surface area (Å²) in [5.41, 5.74) is 2.57. The summed E-state index contributed by atoms with van der Waals surface area (Å²) >= 11 is 0. The highest BCUT2D eigenvalue weighted by atomic mass is 16.3. The van der Waals surface area contributed by atoms with Gasteiger partial charge in [0.15, 0.2) is 0 Å². The Labute approximate surface area is 104 Å². The van der Waals surface area contributed by atoms with Gasteiger partial charge in [-0.3, -0.25) is 0 Å². The third-order valence-corrected chi connectivity index (χ3v) is 4.45. The molecule has 1 aromatic carbocycles. The number of aliphatic hydroxyl groups is 1. The highest BCUT2D eigenvalue weighted by Crippen LogP contribution is 2.41. The smallest absolute Gasteiger partial charge is 0.0690 e. The van der Waals surface area contributed by atoms with Crippen LogP contribution in [0.3, 0.4) is 0 Å². The van der Waals surface area contributed by atoms with Crippen LogP contribution in [0.5, 0.6) is 0 Å². The summed E-state index contributed by atoms with van der Waals surface area (Å²) in [7, 11) is 0. The van der Waals surface area contributed by atoms with Crippen molar-refractivity contribution in [1.29, 1.82) is 0 Å². The average Bonchev–Trinajstić information content (AvgIpc) is 3.09. The van der Waals surface area contributed by atoms with E-state index in [1.54, 1.807) is 0 Å². The maximum atomic E-state index is 10.1. The Morgan fingerprint density at radius 3 is 2.47 bits per heavy atom. The molecule has 0 bridgehead atoms. The van der Waals surface area contributed by atoms with Gasteiger partial charge >= 0.3 is 0 Å². The molecule has 2 fully saturated rings. The van der Waals surface area contributed by atoms with Gasteiger partial charge in [0.2, 0.25) is 0 Å². The van der Waals surface area contributed by atoms with Gasteiger partial charge in [0.25, 0.3) is 0 Å². The molecular formula is C16H22O. The zero-order chi connectivity index (χ0) is 11.7. The second kappa shape index (κ2) is 4.45. The third kappa shape index (κ3) is 2.55. The van der Waals surface area contributed by atoms with E-state index in [1.807, 2.05) is 0 Å². The minimum atomic E-state index is -0.356. The van der Waals surface area contributed by atoms with Crippen molar-refractivity contribution >= 4 is 0 Å². The van der Waals surface area contributed by atoms with Crippen molar-refractivity contribution < 1.29 is 5.11 Å². The van der Waals surface area contributed by atoms with Crippen LogP contribution in [0.4, 0.5) is 0 Å². The summed E-state index contributed by atoms with van der Waals surface area (Å²) in [5, 5.41) is 10.1. The fourth-order valence-electron chi connectivity index (χ4n) is 3.18. The van der Waals surface area contributed by atoms with Gasteiger partial charge in [-0.05, 0) is 42.7 Å². The molecule has 17 heavy (non-hydrogen) atoms. The molecule has 92 valence electrons. The lowest BCUT2D eigenvalue weighted by Gasteiger charge is -2.25. The predicted molar refractivity (Wildman–Crippen MR) is 70.2 cm³/mol. The molecule has 0 heterocycles. The first-order chi connectivity index (χ1) is 8.27. The molecule has 0 atom stereocenters. The van der Waals surface area contributed by atoms with Crippen LogP contribution in [0.15, 0.2) is 24.3 Å². The Balaban J connectivity index is 1.81. The highest BCUT2D eigenvalue weighted by molar-refractivity contribution is 5.33. The first-order valence-corrected chi connectivity index (χ1v) is 7.07. The zero-order valence-corrected chi connectivity index (χ0v) is 10.5. The summed E-state index contributed by atoms with van der Waals surface area (Å²) in [5.74, 6) is 0.752. The van der Waals surface area contributed by atoms with Crippen LogP contribution in [0.1, 0.15) is 62.0 Å². The normalized spacial score (nSPS) is 23.6. The molecule has 0 amide bonds. The van der Waals surface area contributed by atoms with Gasteiger partial charge < -0.3 is 5.11 Å². The average molecular weight is 230 g/mol. The molecule has 1 nitrogen and oxygen atoms in total. The molecule has 0 spiro atoms. The molecule has 0 radical (unpaired) electrons. The number of rotatable bonds is 3. The molecule has 0 aromatic heterocycles. The SMILES string of the molecule is OC1(Cc2ccccc2C2CCCCC2)CC1. The lowest BCUT2D eigenvalue weighted by Crippen LogP contribution is -2.14. The molecule has 1 heteroatoms. The van der Waals surface area contributed by atoms with Gasteiger partial charge in [-0.15, -0.1) is 0 Å². The molecule has 2 aliphatic rings. The minimum absolute atomic E-state index is 0.356. The van der Waals surface area contributed by atoms with E-state index >= 15 is 0 Å². The second-order valence-electron chi connectivity index (χ2n) is 5.93. The fourth-order valence-corrected chi connectivity index (χ4v) is 3.18. The fraction of sp³-hybridized carbons (Fsp3) is 0.625. The first kappa shape index (κ1) is 11.3. The third-order valence-electron chi connectivity index (χ3n) is 4.45. The molecule has 3 rings (SSSR count). The second-order valence-corrected chi connectivity index (χ2v) is 5.93. The summed E-state index contributed by atoms with van der Waals surface area (Å²) in [6.45, 7) is 0. The Bertz CT molecular complexity index is 386. The minimum Gasteiger partial charge on any atom is -0.390 e. The van der Waals surface area contributed by atoms with Crippen LogP contribution in [0.25, 0.3) is 0 Å². The van der Waals surface area contributed by atoms with E-state index in [0.717, 1.165) is 25.2 Å². The predicted octanol–water partition coefficient (Wildman–Crippen LogP) is 3.80. The lowest BCUT2D eigenvalue weighted by atomic mass is 9.81. The molecule has 2 saturated carbocycles. The lowest BCUT2D eigenvalue weighted by molar-refractivity contribution is 0.150. The van der Waals surface area contributed by atoms with Gasteiger partial charge in [-0.2, -0.15) is 0 Å². The Hall–Kier alpha value is -0.820. The van der Waals surface area contributed by atoms with Crippen LogP contribution in [-0.4, -0.2) is 10.7 Å². The van der Waals surface area contributed by atoms with Crippen molar-refractivity contribution in [2.45, 2.75) is 62.9 Å². The van der Waals surface area contributed by atoms with Crippen LogP contribution in [-0.2, 0) is 6.42 Å². The van der Waals surface area contributed by atoms with Crippen LogP contribution in [0, 0.1) is 0 Å².